The fourth-order valence-electron chi connectivity index (χ4n) is 2.16. The SMILES string of the molecule is Cc1csc(CCNc2ccc(N)c3cccnc23)n1. The van der Waals surface area contributed by atoms with Crippen molar-refractivity contribution in [2.24, 2.45) is 0 Å². The van der Waals surface area contributed by atoms with Crippen molar-refractivity contribution in [1.29, 1.82) is 0 Å². The van der Waals surface area contributed by atoms with E-state index in [9.17, 15) is 0 Å². The minimum absolute atomic E-state index is 0.759. The number of aromatic nitrogens is 2. The van der Waals surface area contributed by atoms with Crippen molar-refractivity contribution in [3.05, 3.63) is 46.5 Å². The summed E-state index contributed by atoms with van der Waals surface area (Å²) in [7, 11) is 0. The van der Waals surface area contributed by atoms with Crippen molar-refractivity contribution >= 4 is 33.6 Å². The summed E-state index contributed by atoms with van der Waals surface area (Å²) in [5.41, 5.74) is 9.75. The van der Waals surface area contributed by atoms with Gasteiger partial charge in [0.05, 0.1) is 16.2 Å². The molecule has 0 radical (unpaired) electrons. The summed E-state index contributed by atoms with van der Waals surface area (Å²) in [5.74, 6) is 0. The highest BCUT2D eigenvalue weighted by Gasteiger charge is 2.05. The fourth-order valence-corrected chi connectivity index (χ4v) is 2.93. The quantitative estimate of drug-likeness (QED) is 0.722. The Morgan fingerprint density at radius 3 is 3.00 bits per heavy atom. The van der Waals surface area contributed by atoms with Gasteiger partial charge >= 0.3 is 0 Å². The number of fused-ring (bicyclic) bond motifs is 1. The lowest BCUT2D eigenvalue weighted by Crippen LogP contribution is -2.06. The molecule has 2 aromatic heterocycles. The zero-order valence-corrected chi connectivity index (χ0v) is 12.1. The van der Waals surface area contributed by atoms with Gasteiger partial charge in [0.25, 0.3) is 0 Å². The number of nitrogens with one attached hydrogen (secondary N) is 1. The van der Waals surface area contributed by atoms with Crippen molar-refractivity contribution < 1.29 is 0 Å². The van der Waals surface area contributed by atoms with Gasteiger partial charge in [0.15, 0.2) is 0 Å². The van der Waals surface area contributed by atoms with Crippen LogP contribution in [-0.4, -0.2) is 16.5 Å². The Labute approximate surface area is 121 Å². The highest BCUT2D eigenvalue weighted by molar-refractivity contribution is 7.09. The lowest BCUT2D eigenvalue weighted by atomic mass is 10.1. The molecule has 0 aliphatic rings. The van der Waals surface area contributed by atoms with E-state index in [0.29, 0.717) is 0 Å². The average molecular weight is 284 g/mol. The van der Waals surface area contributed by atoms with Crippen molar-refractivity contribution in [3.63, 3.8) is 0 Å². The summed E-state index contributed by atoms with van der Waals surface area (Å²) in [5, 5.41) is 7.64. The van der Waals surface area contributed by atoms with E-state index in [4.69, 9.17) is 5.73 Å². The van der Waals surface area contributed by atoms with Gasteiger partial charge in [0.1, 0.15) is 0 Å². The number of aryl methyl sites for hydroxylation is 1. The molecule has 0 aliphatic carbocycles. The Balaban J connectivity index is 1.76. The van der Waals surface area contributed by atoms with Crippen LogP contribution >= 0.6 is 11.3 Å². The molecule has 0 saturated heterocycles. The molecule has 3 N–H and O–H groups in total. The van der Waals surface area contributed by atoms with Crippen LogP contribution in [-0.2, 0) is 6.42 Å². The molecule has 5 heteroatoms. The maximum Gasteiger partial charge on any atom is 0.0953 e. The van der Waals surface area contributed by atoms with Crippen LogP contribution in [0.2, 0.25) is 0 Å². The first-order chi connectivity index (χ1) is 9.74. The van der Waals surface area contributed by atoms with E-state index in [1.54, 1.807) is 17.5 Å². The zero-order chi connectivity index (χ0) is 13.9. The number of rotatable bonds is 4. The van der Waals surface area contributed by atoms with Crippen LogP contribution in [0.15, 0.2) is 35.8 Å². The number of nitrogens with two attached hydrogens (primary N) is 1. The smallest absolute Gasteiger partial charge is 0.0953 e. The maximum absolute atomic E-state index is 5.97. The van der Waals surface area contributed by atoms with E-state index in [-0.39, 0.29) is 0 Å². The largest absolute Gasteiger partial charge is 0.398 e. The van der Waals surface area contributed by atoms with E-state index in [2.05, 4.69) is 20.7 Å². The summed E-state index contributed by atoms with van der Waals surface area (Å²) in [4.78, 5) is 8.88. The summed E-state index contributed by atoms with van der Waals surface area (Å²) in [6.45, 7) is 2.85. The second-order valence-corrected chi connectivity index (χ2v) is 5.60. The van der Waals surface area contributed by atoms with Gasteiger partial charge in [0.2, 0.25) is 0 Å². The standard InChI is InChI=1S/C15H16N4S/c1-10-9-20-14(19-10)6-8-17-13-5-4-12(16)11-3-2-7-18-15(11)13/h2-5,7,9,17H,6,8,16H2,1H3. The molecule has 0 fully saturated rings. The first kappa shape index (κ1) is 12.9. The van der Waals surface area contributed by atoms with E-state index in [1.165, 1.54) is 0 Å². The Bertz CT molecular complexity index is 736. The number of nitrogen functional groups attached to an aromatic ring is 1. The number of nitrogens with zero attached hydrogens (tertiary/aromatic N) is 2. The Kier molecular flexibility index (Phi) is 3.52. The van der Waals surface area contributed by atoms with Gasteiger partial charge < -0.3 is 11.1 Å². The fraction of sp³-hybridized carbons (Fsp3) is 0.200. The van der Waals surface area contributed by atoms with Crippen molar-refractivity contribution in [2.45, 2.75) is 13.3 Å². The van der Waals surface area contributed by atoms with E-state index >= 15 is 0 Å². The maximum atomic E-state index is 5.97. The first-order valence-electron chi connectivity index (χ1n) is 6.52. The second kappa shape index (κ2) is 5.46. The van der Waals surface area contributed by atoms with Crippen LogP contribution in [0.5, 0.6) is 0 Å². The lowest BCUT2D eigenvalue weighted by molar-refractivity contribution is 0.988. The molecule has 1 aromatic carbocycles. The number of thiazole rings is 1. The Morgan fingerprint density at radius 2 is 2.20 bits per heavy atom. The third kappa shape index (κ3) is 2.58. The monoisotopic (exact) mass is 284 g/mol. The first-order valence-corrected chi connectivity index (χ1v) is 7.40. The summed E-state index contributed by atoms with van der Waals surface area (Å²) in [6.07, 6.45) is 2.70. The molecule has 0 spiro atoms. The molecule has 0 atom stereocenters. The molecule has 0 saturated carbocycles. The van der Waals surface area contributed by atoms with Crippen LogP contribution in [0, 0.1) is 6.92 Å². The molecule has 4 nitrogen and oxygen atoms in total. The molecule has 2 heterocycles. The van der Waals surface area contributed by atoms with Crippen LogP contribution in [0.25, 0.3) is 10.9 Å². The van der Waals surface area contributed by atoms with Crippen molar-refractivity contribution in [3.8, 4) is 0 Å². The lowest BCUT2D eigenvalue weighted by Gasteiger charge is -2.09. The molecule has 0 amide bonds. The summed E-state index contributed by atoms with van der Waals surface area (Å²) < 4.78 is 0. The van der Waals surface area contributed by atoms with Gasteiger partial charge in [0, 0.05) is 41.3 Å². The molecular weight excluding hydrogens is 268 g/mol. The highest BCUT2D eigenvalue weighted by Crippen LogP contribution is 2.26. The summed E-state index contributed by atoms with van der Waals surface area (Å²) in [6, 6.07) is 7.80. The van der Waals surface area contributed by atoms with E-state index in [1.807, 2.05) is 31.2 Å². The van der Waals surface area contributed by atoms with Gasteiger partial charge in [-0.2, -0.15) is 0 Å². The predicted octanol–water partition coefficient (Wildman–Crippen LogP) is 3.24. The van der Waals surface area contributed by atoms with Gasteiger partial charge in [-0.25, -0.2) is 4.98 Å². The molecular formula is C15H16N4S. The number of hydrogen-bond acceptors (Lipinski definition) is 5. The van der Waals surface area contributed by atoms with Gasteiger partial charge in [-0.1, -0.05) is 0 Å². The third-order valence-electron chi connectivity index (χ3n) is 3.12. The second-order valence-electron chi connectivity index (χ2n) is 4.66. The Morgan fingerprint density at radius 1 is 1.30 bits per heavy atom. The zero-order valence-electron chi connectivity index (χ0n) is 11.3. The molecule has 3 aromatic rings. The number of anilines is 2. The van der Waals surface area contributed by atoms with E-state index in [0.717, 1.165) is 45.9 Å². The van der Waals surface area contributed by atoms with Gasteiger partial charge in [-0.15, -0.1) is 11.3 Å². The minimum atomic E-state index is 0.759. The normalized spacial score (nSPS) is 10.8. The van der Waals surface area contributed by atoms with Gasteiger partial charge in [-0.3, -0.25) is 4.98 Å². The van der Waals surface area contributed by atoms with Crippen molar-refractivity contribution in [2.75, 3.05) is 17.6 Å². The molecule has 102 valence electrons. The minimum Gasteiger partial charge on any atom is -0.398 e. The molecule has 3 rings (SSSR count). The predicted molar refractivity (Wildman–Crippen MR) is 85.2 cm³/mol. The Hall–Kier alpha value is -2.14. The van der Waals surface area contributed by atoms with Crippen molar-refractivity contribution in [1.82, 2.24) is 9.97 Å². The number of pyridine rings is 1. The van der Waals surface area contributed by atoms with Crippen LogP contribution in [0.3, 0.4) is 0 Å². The summed E-state index contributed by atoms with van der Waals surface area (Å²) >= 11 is 1.70. The number of hydrogen-bond donors (Lipinski definition) is 2. The van der Waals surface area contributed by atoms with Gasteiger partial charge in [-0.05, 0) is 31.2 Å². The third-order valence-corrected chi connectivity index (χ3v) is 4.15. The molecule has 20 heavy (non-hydrogen) atoms. The van der Waals surface area contributed by atoms with Crippen LogP contribution in [0.1, 0.15) is 10.7 Å². The highest BCUT2D eigenvalue weighted by atomic mass is 32.1. The number of benzene rings is 1. The topological polar surface area (TPSA) is 63.8 Å². The molecule has 0 unspecified atom stereocenters. The molecule has 0 bridgehead atoms. The molecule has 0 aliphatic heterocycles. The van der Waals surface area contributed by atoms with Crippen LogP contribution < -0.4 is 11.1 Å². The van der Waals surface area contributed by atoms with Crippen LogP contribution in [0.4, 0.5) is 11.4 Å². The average Bonchev–Trinajstić information content (AvgIpc) is 2.87. The van der Waals surface area contributed by atoms with E-state index < -0.39 is 0 Å².